The third-order valence-electron chi connectivity index (χ3n) is 4.74. The van der Waals surface area contributed by atoms with Crippen molar-refractivity contribution in [3.63, 3.8) is 0 Å². The van der Waals surface area contributed by atoms with E-state index >= 15 is 0 Å². The standard InChI is InChI=1S/C16H21BrClN/c17-14-8-7-13(11-18)16(10-14)19-9-3-6-15(19)12-4-1-2-5-12/h7-8,10,12,15H,1-6,9,11H2. The molecule has 0 amide bonds. The maximum Gasteiger partial charge on any atom is 0.0494 e. The number of benzene rings is 1. The first-order valence-corrected chi connectivity index (χ1v) is 8.73. The molecule has 1 unspecified atom stereocenters. The van der Waals surface area contributed by atoms with Gasteiger partial charge in [-0.05, 0) is 49.3 Å². The van der Waals surface area contributed by atoms with Crippen molar-refractivity contribution in [3.8, 4) is 0 Å². The first kappa shape index (κ1) is 13.8. The topological polar surface area (TPSA) is 3.24 Å². The van der Waals surface area contributed by atoms with Gasteiger partial charge in [-0.15, -0.1) is 11.6 Å². The summed E-state index contributed by atoms with van der Waals surface area (Å²) in [5.74, 6) is 1.51. The molecule has 0 radical (unpaired) electrons. The summed E-state index contributed by atoms with van der Waals surface area (Å²) in [6, 6.07) is 7.27. The Balaban J connectivity index is 1.89. The number of halogens is 2. The predicted octanol–water partition coefficient (Wildman–Crippen LogP) is 5.35. The molecule has 3 rings (SSSR count). The van der Waals surface area contributed by atoms with Crippen LogP contribution in [0.2, 0.25) is 0 Å². The molecule has 3 heteroatoms. The Hall–Kier alpha value is -0.210. The van der Waals surface area contributed by atoms with Crippen LogP contribution in [0.25, 0.3) is 0 Å². The summed E-state index contributed by atoms with van der Waals surface area (Å²) in [7, 11) is 0. The second-order valence-corrected chi connectivity index (χ2v) is 7.04. The second-order valence-electron chi connectivity index (χ2n) is 5.85. The molecule has 1 aromatic carbocycles. The maximum atomic E-state index is 6.13. The Morgan fingerprint density at radius 3 is 2.68 bits per heavy atom. The highest BCUT2D eigenvalue weighted by Crippen LogP contribution is 2.39. The van der Waals surface area contributed by atoms with E-state index in [2.05, 4.69) is 39.0 Å². The lowest BCUT2D eigenvalue weighted by Crippen LogP contribution is -2.35. The summed E-state index contributed by atoms with van der Waals surface area (Å²) in [5.41, 5.74) is 2.63. The summed E-state index contributed by atoms with van der Waals surface area (Å²) in [6.07, 6.45) is 8.39. The second kappa shape index (κ2) is 6.05. The van der Waals surface area contributed by atoms with Crippen molar-refractivity contribution in [3.05, 3.63) is 28.2 Å². The van der Waals surface area contributed by atoms with E-state index in [1.54, 1.807) is 0 Å². The summed E-state index contributed by atoms with van der Waals surface area (Å²) in [5, 5.41) is 0. The van der Waals surface area contributed by atoms with Crippen molar-refractivity contribution in [2.75, 3.05) is 11.4 Å². The molecule has 0 N–H and O–H groups in total. The Kier molecular flexibility index (Phi) is 4.38. The third kappa shape index (κ3) is 2.80. The molecule has 2 aliphatic rings. The molecule has 1 saturated carbocycles. The van der Waals surface area contributed by atoms with Crippen LogP contribution in [0.3, 0.4) is 0 Å². The first-order valence-electron chi connectivity index (χ1n) is 7.40. The van der Waals surface area contributed by atoms with E-state index < -0.39 is 0 Å². The molecule has 1 aliphatic carbocycles. The molecule has 1 aromatic rings. The monoisotopic (exact) mass is 341 g/mol. The van der Waals surface area contributed by atoms with Crippen LogP contribution >= 0.6 is 27.5 Å². The average Bonchev–Trinajstić information content (AvgIpc) is 3.09. The fourth-order valence-corrected chi connectivity index (χ4v) is 4.42. The Morgan fingerprint density at radius 2 is 1.95 bits per heavy atom. The zero-order chi connectivity index (χ0) is 13.2. The van der Waals surface area contributed by atoms with Gasteiger partial charge in [-0.25, -0.2) is 0 Å². The molecule has 1 saturated heterocycles. The number of rotatable bonds is 3. The van der Waals surface area contributed by atoms with Crippen LogP contribution < -0.4 is 4.90 Å². The van der Waals surface area contributed by atoms with Gasteiger partial charge in [-0.3, -0.25) is 0 Å². The van der Waals surface area contributed by atoms with Gasteiger partial charge in [0.25, 0.3) is 0 Å². The van der Waals surface area contributed by atoms with Gasteiger partial charge in [0.2, 0.25) is 0 Å². The average molecular weight is 343 g/mol. The Labute approximate surface area is 129 Å². The lowest BCUT2D eigenvalue weighted by molar-refractivity contribution is 0.430. The Bertz CT molecular complexity index is 442. The van der Waals surface area contributed by atoms with Gasteiger partial charge in [0, 0.05) is 28.6 Å². The van der Waals surface area contributed by atoms with Crippen LogP contribution in [-0.2, 0) is 5.88 Å². The third-order valence-corrected chi connectivity index (χ3v) is 5.53. The molecule has 2 fully saturated rings. The lowest BCUT2D eigenvalue weighted by atomic mass is 9.95. The summed E-state index contributed by atoms with van der Waals surface area (Å²) < 4.78 is 1.16. The van der Waals surface area contributed by atoms with Crippen molar-refractivity contribution in [1.29, 1.82) is 0 Å². The minimum atomic E-state index is 0.608. The molecule has 0 aromatic heterocycles. The molecule has 19 heavy (non-hydrogen) atoms. The van der Waals surface area contributed by atoms with Crippen LogP contribution in [0, 0.1) is 5.92 Å². The Morgan fingerprint density at radius 1 is 1.16 bits per heavy atom. The van der Waals surface area contributed by atoms with Gasteiger partial charge in [0.1, 0.15) is 0 Å². The summed E-state index contributed by atoms with van der Waals surface area (Å²) in [6.45, 7) is 1.20. The van der Waals surface area contributed by atoms with E-state index in [1.807, 2.05) is 0 Å². The molecule has 1 heterocycles. The molecule has 1 atom stereocenters. The van der Waals surface area contributed by atoms with Crippen LogP contribution in [-0.4, -0.2) is 12.6 Å². The van der Waals surface area contributed by atoms with Crippen molar-refractivity contribution < 1.29 is 0 Å². The smallest absolute Gasteiger partial charge is 0.0494 e. The fraction of sp³-hybridized carbons (Fsp3) is 0.625. The van der Waals surface area contributed by atoms with E-state index in [0.29, 0.717) is 5.88 Å². The van der Waals surface area contributed by atoms with Gasteiger partial charge in [0.15, 0.2) is 0 Å². The normalized spacial score (nSPS) is 24.3. The van der Waals surface area contributed by atoms with Gasteiger partial charge in [-0.2, -0.15) is 0 Å². The van der Waals surface area contributed by atoms with Crippen molar-refractivity contribution in [2.24, 2.45) is 5.92 Å². The number of nitrogens with zero attached hydrogens (tertiary/aromatic N) is 1. The lowest BCUT2D eigenvalue weighted by Gasteiger charge is -2.32. The molecule has 0 bridgehead atoms. The van der Waals surface area contributed by atoms with Gasteiger partial charge >= 0.3 is 0 Å². The first-order chi connectivity index (χ1) is 9.29. The molecule has 1 nitrogen and oxygen atoms in total. The van der Waals surface area contributed by atoms with E-state index in [1.165, 1.54) is 56.3 Å². The van der Waals surface area contributed by atoms with Gasteiger partial charge < -0.3 is 4.90 Å². The van der Waals surface area contributed by atoms with Gasteiger partial charge in [-0.1, -0.05) is 34.8 Å². The number of hydrogen-bond donors (Lipinski definition) is 0. The molecular formula is C16H21BrClN. The number of hydrogen-bond acceptors (Lipinski definition) is 1. The predicted molar refractivity (Wildman–Crippen MR) is 86.0 cm³/mol. The quantitative estimate of drug-likeness (QED) is 0.670. The highest BCUT2D eigenvalue weighted by Gasteiger charge is 2.34. The van der Waals surface area contributed by atoms with E-state index in [9.17, 15) is 0 Å². The highest BCUT2D eigenvalue weighted by molar-refractivity contribution is 9.10. The van der Waals surface area contributed by atoms with Crippen LogP contribution in [0.4, 0.5) is 5.69 Å². The van der Waals surface area contributed by atoms with Crippen molar-refractivity contribution >= 4 is 33.2 Å². The van der Waals surface area contributed by atoms with Crippen LogP contribution in [0.5, 0.6) is 0 Å². The number of alkyl halides is 1. The maximum absolute atomic E-state index is 6.13. The molecule has 0 spiro atoms. The minimum absolute atomic E-state index is 0.608. The van der Waals surface area contributed by atoms with Crippen LogP contribution in [0.15, 0.2) is 22.7 Å². The van der Waals surface area contributed by atoms with Gasteiger partial charge in [0.05, 0.1) is 0 Å². The summed E-state index contributed by atoms with van der Waals surface area (Å²) in [4.78, 5) is 2.64. The van der Waals surface area contributed by atoms with E-state index in [4.69, 9.17) is 11.6 Å². The van der Waals surface area contributed by atoms with E-state index in [0.717, 1.165) is 16.4 Å². The van der Waals surface area contributed by atoms with Crippen LogP contribution in [0.1, 0.15) is 44.1 Å². The molecule has 1 aliphatic heterocycles. The highest BCUT2D eigenvalue weighted by atomic mass is 79.9. The molecular weight excluding hydrogens is 322 g/mol. The zero-order valence-electron chi connectivity index (χ0n) is 11.2. The fourth-order valence-electron chi connectivity index (χ4n) is 3.84. The number of anilines is 1. The SMILES string of the molecule is ClCc1ccc(Br)cc1N1CCCC1C1CCCC1. The summed E-state index contributed by atoms with van der Waals surface area (Å²) >= 11 is 9.73. The van der Waals surface area contributed by atoms with Crippen molar-refractivity contribution in [1.82, 2.24) is 0 Å². The van der Waals surface area contributed by atoms with E-state index in [-0.39, 0.29) is 0 Å². The zero-order valence-corrected chi connectivity index (χ0v) is 13.6. The largest absolute Gasteiger partial charge is 0.368 e. The minimum Gasteiger partial charge on any atom is -0.368 e. The molecule has 104 valence electrons. The van der Waals surface area contributed by atoms with Crippen molar-refractivity contribution in [2.45, 2.75) is 50.4 Å².